The molecule has 0 N–H and O–H groups in total. The first-order valence-corrected chi connectivity index (χ1v) is 5.56. The van der Waals surface area contributed by atoms with Gasteiger partial charge in [-0.3, -0.25) is 10.1 Å². The Labute approximate surface area is 105 Å². The third kappa shape index (κ3) is 3.41. The molecule has 0 spiro atoms. The molecule has 0 unspecified atom stereocenters. The van der Waals surface area contributed by atoms with Crippen molar-refractivity contribution in [2.24, 2.45) is 0 Å². The number of esters is 1. The van der Waals surface area contributed by atoms with Crippen LogP contribution in [0.2, 0.25) is 0 Å². The van der Waals surface area contributed by atoms with E-state index in [0.29, 0.717) is 17.7 Å². The molecule has 0 atom stereocenters. The molecule has 1 aromatic rings. The highest BCUT2D eigenvalue weighted by Gasteiger charge is 2.12. The summed E-state index contributed by atoms with van der Waals surface area (Å²) in [6, 6.07) is 3.18. The van der Waals surface area contributed by atoms with Gasteiger partial charge in [-0.2, -0.15) is 0 Å². The predicted molar refractivity (Wildman–Crippen MR) is 68.2 cm³/mol. The normalized spacial score (nSPS) is 10.6. The standard InChI is InChI=1S/C13H15NO4/c1-4-18-13(15)6-5-11-8-12(14(16)17)10(3)7-9(11)2/h5-8H,4H2,1-3H3. The molecule has 0 heterocycles. The predicted octanol–water partition coefficient (Wildman–Crippen LogP) is 2.79. The van der Waals surface area contributed by atoms with Gasteiger partial charge in [0.2, 0.25) is 0 Å². The summed E-state index contributed by atoms with van der Waals surface area (Å²) in [6.45, 7) is 5.54. The first kappa shape index (κ1) is 13.9. The second-order valence-electron chi connectivity index (χ2n) is 3.84. The fraction of sp³-hybridized carbons (Fsp3) is 0.308. The molecular weight excluding hydrogens is 234 g/mol. The molecule has 0 bridgehead atoms. The highest BCUT2D eigenvalue weighted by molar-refractivity contribution is 5.87. The average Bonchev–Trinajstić information content (AvgIpc) is 2.27. The first-order valence-electron chi connectivity index (χ1n) is 5.56. The summed E-state index contributed by atoms with van der Waals surface area (Å²) in [7, 11) is 0. The Bertz CT molecular complexity index is 506. The van der Waals surface area contributed by atoms with Crippen molar-refractivity contribution in [3.63, 3.8) is 0 Å². The molecule has 1 aromatic carbocycles. The quantitative estimate of drug-likeness (QED) is 0.356. The lowest BCUT2D eigenvalue weighted by Gasteiger charge is -2.03. The van der Waals surface area contributed by atoms with E-state index >= 15 is 0 Å². The number of carbonyl (C=O) groups is 1. The summed E-state index contributed by atoms with van der Waals surface area (Å²) >= 11 is 0. The SMILES string of the molecule is CCOC(=O)C=Cc1cc([N+](=O)[O-])c(C)cc1C. The van der Waals surface area contributed by atoms with Gasteiger partial charge in [-0.05, 0) is 44.0 Å². The number of aryl methyl sites for hydroxylation is 2. The maximum Gasteiger partial charge on any atom is 0.330 e. The molecule has 0 aliphatic carbocycles. The molecule has 0 aliphatic heterocycles. The van der Waals surface area contributed by atoms with Crippen molar-refractivity contribution in [1.82, 2.24) is 0 Å². The fourth-order valence-electron chi connectivity index (χ4n) is 1.58. The Balaban J connectivity index is 3.06. The topological polar surface area (TPSA) is 69.4 Å². The number of hydrogen-bond donors (Lipinski definition) is 0. The van der Waals surface area contributed by atoms with Crippen molar-refractivity contribution < 1.29 is 14.5 Å². The van der Waals surface area contributed by atoms with E-state index in [1.54, 1.807) is 19.9 Å². The monoisotopic (exact) mass is 249 g/mol. The van der Waals surface area contributed by atoms with Gasteiger partial charge in [-0.1, -0.05) is 0 Å². The van der Waals surface area contributed by atoms with Crippen LogP contribution < -0.4 is 0 Å². The molecule has 0 amide bonds. The third-order valence-corrected chi connectivity index (χ3v) is 2.47. The molecule has 1 rings (SSSR count). The third-order valence-electron chi connectivity index (χ3n) is 2.47. The lowest BCUT2D eigenvalue weighted by Crippen LogP contribution is -1.99. The molecule has 0 aliphatic rings. The van der Waals surface area contributed by atoms with Gasteiger partial charge in [0.25, 0.3) is 5.69 Å². The Hall–Kier alpha value is -2.17. The van der Waals surface area contributed by atoms with Crippen molar-refractivity contribution in [2.75, 3.05) is 6.61 Å². The Morgan fingerprint density at radius 1 is 1.39 bits per heavy atom. The van der Waals surface area contributed by atoms with Crippen LogP contribution in [0.3, 0.4) is 0 Å². The Morgan fingerprint density at radius 3 is 2.61 bits per heavy atom. The van der Waals surface area contributed by atoms with E-state index < -0.39 is 10.9 Å². The number of carbonyl (C=O) groups excluding carboxylic acids is 1. The van der Waals surface area contributed by atoms with Gasteiger partial charge < -0.3 is 4.74 Å². The zero-order valence-electron chi connectivity index (χ0n) is 10.6. The maximum atomic E-state index is 11.2. The average molecular weight is 249 g/mol. The van der Waals surface area contributed by atoms with Gasteiger partial charge >= 0.3 is 5.97 Å². The van der Waals surface area contributed by atoms with Crippen LogP contribution >= 0.6 is 0 Å². The van der Waals surface area contributed by atoms with E-state index in [4.69, 9.17) is 4.74 Å². The summed E-state index contributed by atoms with van der Waals surface area (Å²) in [5.74, 6) is -0.458. The molecule has 0 saturated carbocycles. The van der Waals surface area contributed by atoms with E-state index in [9.17, 15) is 14.9 Å². The van der Waals surface area contributed by atoms with Crippen LogP contribution in [0.25, 0.3) is 6.08 Å². The molecular formula is C13H15NO4. The highest BCUT2D eigenvalue weighted by atomic mass is 16.6. The summed E-state index contributed by atoms with van der Waals surface area (Å²) in [5.41, 5.74) is 2.16. The second-order valence-corrected chi connectivity index (χ2v) is 3.84. The van der Waals surface area contributed by atoms with Crippen LogP contribution in [0.5, 0.6) is 0 Å². The summed E-state index contributed by atoms with van der Waals surface area (Å²) in [5, 5.41) is 10.8. The number of rotatable bonds is 4. The molecule has 18 heavy (non-hydrogen) atoms. The van der Waals surface area contributed by atoms with E-state index in [2.05, 4.69) is 0 Å². The Morgan fingerprint density at radius 2 is 2.06 bits per heavy atom. The van der Waals surface area contributed by atoms with Gasteiger partial charge in [0.05, 0.1) is 11.5 Å². The number of benzene rings is 1. The van der Waals surface area contributed by atoms with Crippen LogP contribution in [-0.2, 0) is 9.53 Å². The first-order chi connectivity index (χ1) is 8.45. The van der Waals surface area contributed by atoms with E-state index in [1.807, 2.05) is 6.92 Å². The van der Waals surface area contributed by atoms with Crippen molar-refractivity contribution in [3.05, 3.63) is 45.0 Å². The van der Waals surface area contributed by atoms with Crippen LogP contribution in [0.1, 0.15) is 23.6 Å². The summed E-state index contributed by atoms with van der Waals surface area (Å²) < 4.78 is 4.75. The number of nitro groups is 1. The molecule has 0 aromatic heterocycles. The zero-order chi connectivity index (χ0) is 13.7. The molecule has 0 fully saturated rings. The van der Waals surface area contributed by atoms with Crippen LogP contribution in [0.4, 0.5) is 5.69 Å². The largest absolute Gasteiger partial charge is 0.463 e. The van der Waals surface area contributed by atoms with Crippen LogP contribution in [0, 0.1) is 24.0 Å². The van der Waals surface area contributed by atoms with Crippen molar-refractivity contribution in [1.29, 1.82) is 0 Å². The minimum absolute atomic E-state index is 0.0455. The van der Waals surface area contributed by atoms with Crippen molar-refractivity contribution in [3.8, 4) is 0 Å². The zero-order valence-corrected chi connectivity index (χ0v) is 10.6. The van der Waals surface area contributed by atoms with Crippen LogP contribution in [0.15, 0.2) is 18.2 Å². The smallest absolute Gasteiger partial charge is 0.330 e. The fourth-order valence-corrected chi connectivity index (χ4v) is 1.58. The van der Waals surface area contributed by atoms with Gasteiger partial charge in [0.15, 0.2) is 0 Å². The number of ether oxygens (including phenoxy) is 1. The molecule has 0 radical (unpaired) electrons. The lowest BCUT2D eigenvalue weighted by molar-refractivity contribution is -0.385. The number of nitrogens with zero attached hydrogens (tertiary/aromatic N) is 1. The van der Waals surface area contributed by atoms with Gasteiger partial charge in [-0.25, -0.2) is 4.79 Å². The molecule has 0 saturated heterocycles. The highest BCUT2D eigenvalue weighted by Crippen LogP contribution is 2.23. The van der Waals surface area contributed by atoms with Crippen LogP contribution in [-0.4, -0.2) is 17.5 Å². The van der Waals surface area contributed by atoms with Crippen molar-refractivity contribution in [2.45, 2.75) is 20.8 Å². The van der Waals surface area contributed by atoms with Gasteiger partial charge in [-0.15, -0.1) is 0 Å². The second kappa shape index (κ2) is 5.95. The number of hydrogen-bond acceptors (Lipinski definition) is 4. The maximum absolute atomic E-state index is 11.2. The lowest BCUT2D eigenvalue weighted by atomic mass is 10.0. The minimum Gasteiger partial charge on any atom is -0.463 e. The summed E-state index contributed by atoms with van der Waals surface area (Å²) in [6.07, 6.45) is 2.80. The van der Waals surface area contributed by atoms with E-state index in [0.717, 1.165) is 5.56 Å². The van der Waals surface area contributed by atoms with E-state index in [1.165, 1.54) is 18.2 Å². The van der Waals surface area contributed by atoms with Crippen molar-refractivity contribution >= 4 is 17.7 Å². The van der Waals surface area contributed by atoms with Gasteiger partial charge in [0, 0.05) is 17.7 Å². The molecule has 96 valence electrons. The van der Waals surface area contributed by atoms with E-state index in [-0.39, 0.29) is 5.69 Å². The molecule has 5 heteroatoms. The minimum atomic E-state index is -0.458. The van der Waals surface area contributed by atoms with Gasteiger partial charge in [0.1, 0.15) is 0 Å². The molecule has 5 nitrogen and oxygen atoms in total. The number of nitro benzene ring substituents is 1. The Kier molecular flexibility index (Phi) is 4.59. The summed E-state index contributed by atoms with van der Waals surface area (Å²) in [4.78, 5) is 21.6.